The average molecular weight is 246 g/mol. The molecule has 0 amide bonds. The molecule has 1 aromatic rings. The largest absolute Gasteiger partial charge is 0.322 e. The third-order valence-corrected chi connectivity index (χ3v) is 4.60. The topological polar surface area (TPSA) is 29.3 Å². The number of benzene rings is 1. The molecule has 0 bridgehead atoms. The van der Waals surface area contributed by atoms with Gasteiger partial charge in [0.05, 0.1) is 0 Å². The number of rotatable bonds is 3. The third kappa shape index (κ3) is 2.60. The highest BCUT2D eigenvalue weighted by atomic mass is 15.2. The Labute approximate surface area is 111 Å². The Hall–Kier alpha value is -0.860. The van der Waals surface area contributed by atoms with Crippen LogP contribution in [0.15, 0.2) is 30.3 Å². The molecule has 1 aliphatic rings. The summed E-state index contributed by atoms with van der Waals surface area (Å²) in [5, 5.41) is 0. The van der Waals surface area contributed by atoms with Gasteiger partial charge < -0.3 is 10.6 Å². The molecule has 1 fully saturated rings. The van der Waals surface area contributed by atoms with Gasteiger partial charge in [-0.1, -0.05) is 56.0 Å². The normalized spacial score (nSPS) is 21.6. The quantitative estimate of drug-likeness (QED) is 0.829. The Kier molecular flexibility index (Phi) is 4.41. The molecule has 1 saturated carbocycles. The average Bonchev–Trinajstić information content (AvgIpc) is 2.65. The van der Waals surface area contributed by atoms with Crippen LogP contribution in [0.3, 0.4) is 0 Å². The first-order chi connectivity index (χ1) is 8.67. The fraction of sp³-hybridized carbons (Fsp3) is 0.625. The van der Waals surface area contributed by atoms with Gasteiger partial charge in [-0.05, 0) is 32.5 Å². The van der Waals surface area contributed by atoms with Gasteiger partial charge in [0, 0.05) is 11.6 Å². The highest BCUT2D eigenvalue weighted by Gasteiger charge is 2.39. The van der Waals surface area contributed by atoms with E-state index in [4.69, 9.17) is 5.73 Å². The lowest BCUT2D eigenvalue weighted by molar-refractivity contribution is 0.0969. The van der Waals surface area contributed by atoms with Crippen LogP contribution in [0.5, 0.6) is 0 Å². The zero-order valence-electron chi connectivity index (χ0n) is 11.7. The molecule has 1 aliphatic carbocycles. The summed E-state index contributed by atoms with van der Waals surface area (Å²) < 4.78 is 0. The van der Waals surface area contributed by atoms with E-state index < -0.39 is 0 Å². The zero-order valence-corrected chi connectivity index (χ0v) is 11.7. The number of likely N-dealkylation sites (N-methyl/N-ethyl adjacent to an activating group) is 1. The lowest BCUT2D eigenvalue weighted by Crippen LogP contribution is -2.52. The van der Waals surface area contributed by atoms with E-state index in [0.29, 0.717) is 0 Å². The van der Waals surface area contributed by atoms with Gasteiger partial charge in [0.15, 0.2) is 0 Å². The molecule has 1 aromatic carbocycles. The molecule has 2 N–H and O–H groups in total. The number of nitrogens with zero attached hydrogens (tertiary/aromatic N) is 1. The Morgan fingerprint density at radius 2 is 1.56 bits per heavy atom. The van der Waals surface area contributed by atoms with Crippen LogP contribution in [-0.4, -0.2) is 24.5 Å². The van der Waals surface area contributed by atoms with Crippen molar-refractivity contribution < 1.29 is 0 Å². The summed E-state index contributed by atoms with van der Waals surface area (Å²) >= 11 is 0. The maximum Gasteiger partial charge on any atom is 0.0481 e. The first-order valence-corrected chi connectivity index (χ1v) is 7.15. The van der Waals surface area contributed by atoms with E-state index in [1.165, 1.54) is 44.1 Å². The molecule has 0 heterocycles. The molecule has 1 atom stereocenters. The number of nitrogens with two attached hydrogens (primary N) is 1. The van der Waals surface area contributed by atoms with Crippen LogP contribution in [0.4, 0.5) is 0 Å². The van der Waals surface area contributed by atoms with Crippen molar-refractivity contribution >= 4 is 0 Å². The van der Waals surface area contributed by atoms with Crippen LogP contribution in [0.1, 0.15) is 50.1 Å². The smallest absolute Gasteiger partial charge is 0.0481 e. The van der Waals surface area contributed by atoms with Crippen LogP contribution in [0.25, 0.3) is 0 Å². The highest BCUT2D eigenvalue weighted by Crippen LogP contribution is 2.39. The van der Waals surface area contributed by atoms with Crippen molar-refractivity contribution in [3.63, 3.8) is 0 Å². The second-order valence-electron chi connectivity index (χ2n) is 5.80. The first-order valence-electron chi connectivity index (χ1n) is 7.15. The van der Waals surface area contributed by atoms with Gasteiger partial charge in [0.1, 0.15) is 0 Å². The summed E-state index contributed by atoms with van der Waals surface area (Å²) in [6, 6.07) is 10.7. The molecule has 0 radical (unpaired) electrons. The van der Waals surface area contributed by atoms with Gasteiger partial charge in [0.25, 0.3) is 0 Å². The standard InChI is InChI=1S/C16H26N2/c1-18(2)16(12-8-3-4-9-13-16)15(17)14-10-6-5-7-11-14/h5-7,10-11,15H,3-4,8-9,12-13,17H2,1-2H3. The van der Waals surface area contributed by atoms with Crippen LogP contribution < -0.4 is 5.73 Å². The third-order valence-electron chi connectivity index (χ3n) is 4.60. The predicted octanol–water partition coefficient (Wildman–Crippen LogP) is 3.34. The van der Waals surface area contributed by atoms with Gasteiger partial charge in [0.2, 0.25) is 0 Å². The molecule has 0 aromatic heterocycles. The number of hydrogen-bond acceptors (Lipinski definition) is 2. The maximum absolute atomic E-state index is 6.63. The minimum absolute atomic E-state index is 0.117. The molecule has 0 saturated heterocycles. The fourth-order valence-corrected chi connectivity index (χ4v) is 3.35. The summed E-state index contributed by atoms with van der Waals surface area (Å²) in [6.07, 6.45) is 7.76. The molecule has 0 aliphatic heterocycles. The second kappa shape index (κ2) is 5.85. The molecule has 100 valence electrons. The summed E-state index contributed by atoms with van der Waals surface area (Å²) in [5.41, 5.74) is 8.04. The summed E-state index contributed by atoms with van der Waals surface area (Å²) in [4.78, 5) is 2.37. The van der Waals surface area contributed by atoms with Crippen molar-refractivity contribution in [1.82, 2.24) is 4.90 Å². The Morgan fingerprint density at radius 3 is 2.06 bits per heavy atom. The van der Waals surface area contributed by atoms with Gasteiger partial charge >= 0.3 is 0 Å². The van der Waals surface area contributed by atoms with Crippen LogP contribution in [0, 0.1) is 0 Å². The second-order valence-corrected chi connectivity index (χ2v) is 5.80. The SMILES string of the molecule is CN(C)C1(C(N)c2ccccc2)CCCCCC1. The van der Waals surface area contributed by atoms with Crippen molar-refractivity contribution in [2.24, 2.45) is 5.73 Å². The van der Waals surface area contributed by atoms with Gasteiger partial charge in [-0.2, -0.15) is 0 Å². The van der Waals surface area contributed by atoms with Crippen molar-refractivity contribution in [2.45, 2.75) is 50.1 Å². The van der Waals surface area contributed by atoms with E-state index in [1.807, 2.05) is 0 Å². The summed E-state index contributed by atoms with van der Waals surface area (Å²) in [6.45, 7) is 0. The first kappa shape index (κ1) is 13.6. The van der Waals surface area contributed by atoms with Crippen LogP contribution in [0.2, 0.25) is 0 Å². The summed E-state index contributed by atoms with van der Waals surface area (Å²) in [5.74, 6) is 0. The van der Waals surface area contributed by atoms with Crippen molar-refractivity contribution in [3.8, 4) is 0 Å². The van der Waals surface area contributed by atoms with Gasteiger partial charge in [-0.25, -0.2) is 0 Å². The lowest BCUT2D eigenvalue weighted by Gasteiger charge is -2.44. The van der Waals surface area contributed by atoms with Gasteiger partial charge in [-0.15, -0.1) is 0 Å². The van der Waals surface area contributed by atoms with Crippen molar-refractivity contribution in [3.05, 3.63) is 35.9 Å². The van der Waals surface area contributed by atoms with E-state index in [-0.39, 0.29) is 11.6 Å². The maximum atomic E-state index is 6.63. The van der Waals surface area contributed by atoms with Crippen molar-refractivity contribution in [1.29, 1.82) is 0 Å². The Bertz CT molecular complexity index is 351. The fourth-order valence-electron chi connectivity index (χ4n) is 3.35. The monoisotopic (exact) mass is 246 g/mol. The van der Waals surface area contributed by atoms with E-state index in [2.05, 4.69) is 49.3 Å². The molecule has 18 heavy (non-hydrogen) atoms. The summed E-state index contributed by atoms with van der Waals surface area (Å²) in [7, 11) is 4.38. The van der Waals surface area contributed by atoms with E-state index in [9.17, 15) is 0 Å². The molecular formula is C16H26N2. The zero-order chi connectivity index (χ0) is 13.0. The van der Waals surface area contributed by atoms with Crippen molar-refractivity contribution in [2.75, 3.05) is 14.1 Å². The highest BCUT2D eigenvalue weighted by molar-refractivity contribution is 5.23. The Balaban J connectivity index is 2.29. The lowest BCUT2D eigenvalue weighted by atomic mass is 9.78. The minimum atomic E-state index is 0.117. The van der Waals surface area contributed by atoms with E-state index in [1.54, 1.807) is 0 Å². The Morgan fingerprint density at radius 1 is 1.00 bits per heavy atom. The molecule has 2 rings (SSSR count). The molecule has 1 unspecified atom stereocenters. The number of hydrogen-bond donors (Lipinski definition) is 1. The molecule has 0 spiro atoms. The molecular weight excluding hydrogens is 220 g/mol. The molecule has 2 heteroatoms. The van der Waals surface area contributed by atoms with E-state index in [0.717, 1.165) is 0 Å². The van der Waals surface area contributed by atoms with Gasteiger partial charge in [-0.3, -0.25) is 0 Å². The van der Waals surface area contributed by atoms with E-state index >= 15 is 0 Å². The predicted molar refractivity (Wildman–Crippen MR) is 77.5 cm³/mol. The molecule has 2 nitrogen and oxygen atoms in total. The van der Waals surface area contributed by atoms with Crippen LogP contribution >= 0.6 is 0 Å². The van der Waals surface area contributed by atoms with Crippen LogP contribution in [-0.2, 0) is 0 Å². The minimum Gasteiger partial charge on any atom is -0.322 e.